The Balaban J connectivity index is 2.13. The van der Waals surface area contributed by atoms with Crippen LogP contribution in [0.15, 0.2) is 0 Å². The second-order valence-electron chi connectivity index (χ2n) is 4.69. The average molecular weight is 253 g/mol. The minimum atomic E-state index is 0.959. The number of hydrogen-bond acceptors (Lipinski definition) is 4. The summed E-state index contributed by atoms with van der Waals surface area (Å²) in [6.07, 6.45) is 6.32. The molecule has 0 radical (unpaired) electrons. The van der Waals surface area contributed by atoms with Gasteiger partial charge in [0, 0.05) is 24.5 Å². The summed E-state index contributed by atoms with van der Waals surface area (Å²) in [5.41, 5.74) is 1.31. The maximum atomic E-state index is 4.85. The summed E-state index contributed by atoms with van der Waals surface area (Å²) >= 11 is 1.88. The summed E-state index contributed by atoms with van der Waals surface area (Å²) < 4.78 is 0. The van der Waals surface area contributed by atoms with Gasteiger partial charge in [-0.25, -0.2) is 4.98 Å². The predicted molar refractivity (Wildman–Crippen MR) is 74.9 cm³/mol. The smallest absolute Gasteiger partial charge is 0.185 e. The molecule has 0 bridgehead atoms. The van der Waals surface area contributed by atoms with Crippen molar-refractivity contribution in [1.29, 1.82) is 0 Å². The fraction of sp³-hybridized carbons (Fsp3) is 0.769. The molecular weight excluding hydrogens is 230 g/mol. The lowest BCUT2D eigenvalue weighted by Crippen LogP contribution is -2.29. The fourth-order valence-corrected chi connectivity index (χ4v) is 3.49. The molecule has 1 fully saturated rings. The van der Waals surface area contributed by atoms with Gasteiger partial charge in [0.2, 0.25) is 0 Å². The van der Waals surface area contributed by atoms with Gasteiger partial charge in [-0.3, -0.25) is 0 Å². The van der Waals surface area contributed by atoms with Crippen molar-refractivity contribution in [1.82, 2.24) is 10.3 Å². The molecule has 17 heavy (non-hydrogen) atoms. The molecule has 0 atom stereocenters. The normalized spacial score (nSPS) is 16.5. The second kappa shape index (κ2) is 6.36. The van der Waals surface area contributed by atoms with Gasteiger partial charge in [0.05, 0.1) is 5.69 Å². The van der Waals surface area contributed by atoms with Gasteiger partial charge in [-0.15, -0.1) is 11.3 Å². The van der Waals surface area contributed by atoms with E-state index >= 15 is 0 Å². The van der Waals surface area contributed by atoms with Crippen molar-refractivity contribution in [2.75, 3.05) is 25.0 Å². The van der Waals surface area contributed by atoms with Gasteiger partial charge in [-0.2, -0.15) is 0 Å². The van der Waals surface area contributed by atoms with Crippen molar-refractivity contribution < 1.29 is 0 Å². The number of anilines is 1. The molecule has 0 unspecified atom stereocenters. The van der Waals surface area contributed by atoms with E-state index in [-0.39, 0.29) is 0 Å². The molecule has 0 saturated carbocycles. The van der Waals surface area contributed by atoms with Crippen molar-refractivity contribution in [3.05, 3.63) is 10.6 Å². The maximum absolute atomic E-state index is 4.85. The molecule has 0 aromatic carbocycles. The summed E-state index contributed by atoms with van der Waals surface area (Å²) in [6, 6.07) is 0. The highest BCUT2D eigenvalue weighted by molar-refractivity contribution is 7.15. The van der Waals surface area contributed by atoms with Crippen LogP contribution < -0.4 is 10.2 Å². The minimum Gasteiger partial charge on any atom is -0.348 e. The van der Waals surface area contributed by atoms with Crippen LogP contribution in [0, 0.1) is 0 Å². The molecule has 96 valence electrons. The van der Waals surface area contributed by atoms with Crippen LogP contribution in [0.3, 0.4) is 0 Å². The quantitative estimate of drug-likeness (QED) is 0.874. The average Bonchev–Trinajstić information content (AvgIpc) is 2.75. The van der Waals surface area contributed by atoms with Crippen LogP contribution in [0.25, 0.3) is 0 Å². The molecule has 3 nitrogen and oxygen atoms in total. The summed E-state index contributed by atoms with van der Waals surface area (Å²) in [7, 11) is 2.01. The first kappa shape index (κ1) is 12.8. The van der Waals surface area contributed by atoms with Crippen LogP contribution in [0.1, 0.15) is 43.2 Å². The van der Waals surface area contributed by atoms with Crippen LogP contribution >= 0.6 is 11.3 Å². The third-order valence-electron chi connectivity index (χ3n) is 3.22. The van der Waals surface area contributed by atoms with E-state index < -0.39 is 0 Å². The standard InChI is InChI=1S/C13H23N3S/c1-3-7-11-12(10-14-2)17-13(15-11)16-8-5-4-6-9-16/h14H,3-10H2,1-2H3. The SMILES string of the molecule is CCCc1nc(N2CCCCC2)sc1CNC. The number of aromatic nitrogens is 1. The lowest BCUT2D eigenvalue weighted by atomic mass is 10.1. The lowest BCUT2D eigenvalue weighted by Gasteiger charge is -2.25. The van der Waals surface area contributed by atoms with Crippen molar-refractivity contribution in [3.8, 4) is 0 Å². The van der Waals surface area contributed by atoms with E-state index in [0.29, 0.717) is 0 Å². The number of rotatable bonds is 5. The predicted octanol–water partition coefficient (Wildman–Crippen LogP) is 2.81. The Morgan fingerprint density at radius 1 is 1.29 bits per heavy atom. The van der Waals surface area contributed by atoms with E-state index in [4.69, 9.17) is 4.98 Å². The minimum absolute atomic E-state index is 0.959. The van der Waals surface area contributed by atoms with Crippen molar-refractivity contribution in [2.24, 2.45) is 0 Å². The van der Waals surface area contributed by atoms with E-state index in [0.717, 1.165) is 13.0 Å². The van der Waals surface area contributed by atoms with Gasteiger partial charge in [0.25, 0.3) is 0 Å². The van der Waals surface area contributed by atoms with E-state index in [1.807, 2.05) is 18.4 Å². The van der Waals surface area contributed by atoms with Crippen LogP contribution in [0.4, 0.5) is 5.13 Å². The molecule has 2 rings (SSSR count). The molecule has 1 aromatic rings. The number of nitrogens with zero attached hydrogens (tertiary/aromatic N) is 2. The molecule has 2 heterocycles. The highest BCUT2D eigenvalue weighted by Gasteiger charge is 2.17. The third kappa shape index (κ3) is 3.19. The lowest BCUT2D eigenvalue weighted by molar-refractivity contribution is 0.576. The Labute approximate surface area is 108 Å². The fourth-order valence-electron chi connectivity index (χ4n) is 2.32. The first-order chi connectivity index (χ1) is 8.35. The largest absolute Gasteiger partial charge is 0.348 e. The number of thiazole rings is 1. The summed E-state index contributed by atoms with van der Waals surface area (Å²) in [6.45, 7) is 5.57. The zero-order chi connectivity index (χ0) is 12.1. The summed E-state index contributed by atoms with van der Waals surface area (Å²) in [4.78, 5) is 8.74. The highest BCUT2D eigenvalue weighted by atomic mass is 32.1. The number of nitrogens with one attached hydrogen (secondary N) is 1. The zero-order valence-corrected chi connectivity index (χ0v) is 11.8. The highest BCUT2D eigenvalue weighted by Crippen LogP contribution is 2.29. The number of piperidine rings is 1. The van der Waals surface area contributed by atoms with Gasteiger partial charge < -0.3 is 10.2 Å². The van der Waals surface area contributed by atoms with E-state index in [2.05, 4.69) is 17.1 Å². The van der Waals surface area contributed by atoms with Crippen molar-refractivity contribution in [3.63, 3.8) is 0 Å². The van der Waals surface area contributed by atoms with Crippen LogP contribution in [-0.4, -0.2) is 25.1 Å². The van der Waals surface area contributed by atoms with Gasteiger partial charge in [0.15, 0.2) is 5.13 Å². The molecule has 0 aliphatic carbocycles. The molecule has 1 saturated heterocycles. The molecule has 4 heteroatoms. The van der Waals surface area contributed by atoms with E-state index in [9.17, 15) is 0 Å². The van der Waals surface area contributed by atoms with Gasteiger partial charge in [0.1, 0.15) is 0 Å². The van der Waals surface area contributed by atoms with Crippen LogP contribution in [-0.2, 0) is 13.0 Å². The monoisotopic (exact) mass is 253 g/mol. The van der Waals surface area contributed by atoms with Crippen molar-refractivity contribution in [2.45, 2.75) is 45.6 Å². The maximum Gasteiger partial charge on any atom is 0.185 e. The van der Waals surface area contributed by atoms with Crippen LogP contribution in [0.5, 0.6) is 0 Å². The van der Waals surface area contributed by atoms with Crippen molar-refractivity contribution >= 4 is 16.5 Å². The topological polar surface area (TPSA) is 28.2 Å². The molecule has 1 aliphatic heterocycles. The summed E-state index contributed by atoms with van der Waals surface area (Å²) in [5.74, 6) is 0. The Morgan fingerprint density at radius 3 is 2.71 bits per heavy atom. The second-order valence-corrected chi connectivity index (χ2v) is 5.76. The number of hydrogen-bond donors (Lipinski definition) is 1. The molecule has 1 aliphatic rings. The van der Waals surface area contributed by atoms with Gasteiger partial charge in [-0.1, -0.05) is 13.3 Å². The molecule has 1 aromatic heterocycles. The van der Waals surface area contributed by atoms with Crippen LogP contribution in [0.2, 0.25) is 0 Å². The first-order valence-electron chi connectivity index (χ1n) is 6.73. The van der Waals surface area contributed by atoms with Gasteiger partial charge >= 0.3 is 0 Å². The zero-order valence-electron chi connectivity index (χ0n) is 11.0. The van der Waals surface area contributed by atoms with Gasteiger partial charge in [-0.05, 0) is 32.7 Å². The number of aryl methyl sites for hydroxylation is 1. The third-order valence-corrected chi connectivity index (χ3v) is 4.38. The Hall–Kier alpha value is -0.610. The molecular formula is C13H23N3S. The van der Waals surface area contributed by atoms with E-state index in [1.165, 1.54) is 54.5 Å². The molecule has 1 N–H and O–H groups in total. The Morgan fingerprint density at radius 2 is 2.06 bits per heavy atom. The molecule has 0 spiro atoms. The molecule has 0 amide bonds. The Bertz CT molecular complexity index is 319. The van der Waals surface area contributed by atoms with E-state index in [1.54, 1.807) is 0 Å². The first-order valence-corrected chi connectivity index (χ1v) is 7.55. The summed E-state index contributed by atoms with van der Waals surface area (Å²) in [5, 5.41) is 4.50. The Kier molecular flexibility index (Phi) is 4.80.